The average molecular weight is 326 g/mol. The number of aromatic hydroxyl groups is 1. The molecule has 0 amide bonds. The highest BCUT2D eigenvalue weighted by Gasteiger charge is 2.16. The molecule has 1 atom stereocenters. The highest BCUT2D eigenvalue weighted by molar-refractivity contribution is 7.71. The first-order valence-corrected chi connectivity index (χ1v) is 7.96. The van der Waals surface area contributed by atoms with Crippen LogP contribution in [0.3, 0.4) is 0 Å². The molecular weight excluding hydrogens is 308 g/mol. The molecule has 3 rings (SSSR count). The molecule has 1 aromatic carbocycles. The SMILES string of the molecule is Oc1cccn(CCCC(c2ccccc2)c2c[nH]nn2)c1=S. The quantitative estimate of drug-likeness (QED) is 0.679. The molecule has 5 nitrogen and oxygen atoms in total. The minimum absolute atomic E-state index is 0.151. The Morgan fingerprint density at radius 1 is 1.17 bits per heavy atom. The molecule has 118 valence electrons. The molecule has 0 aliphatic carbocycles. The van der Waals surface area contributed by atoms with Gasteiger partial charge >= 0.3 is 0 Å². The minimum atomic E-state index is 0.151. The number of pyridine rings is 1. The molecule has 0 spiro atoms. The zero-order valence-electron chi connectivity index (χ0n) is 12.6. The van der Waals surface area contributed by atoms with E-state index in [1.165, 1.54) is 5.56 Å². The molecule has 0 saturated heterocycles. The normalized spacial score (nSPS) is 12.2. The summed E-state index contributed by atoms with van der Waals surface area (Å²) in [5.41, 5.74) is 2.16. The summed E-state index contributed by atoms with van der Waals surface area (Å²) in [7, 11) is 0. The molecule has 2 heterocycles. The summed E-state index contributed by atoms with van der Waals surface area (Å²) in [6, 6.07) is 13.7. The summed E-state index contributed by atoms with van der Waals surface area (Å²) in [4.78, 5) is 0. The van der Waals surface area contributed by atoms with Crippen LogP contribution in [0.15, 0.2) is 54.9 Å². The highest BCUT2D eigenvalue weighted by atomic mass is 32.1. The second-order valence-corrected chi connectivity index (χ2v) is 5.78. The number of aromatic amines is 1. The van der Waals surface area contributed by atoms with Crippen molar-refractivity contribution < 1.29 is 5.11 Å². The van der Waals surface area contributed by atoms with E-state index in [2.05, 4.69) is 27.5 Å². The van der Waals surface area contributed by atoms with Gasteiger partial charge in [-0.15, -0.1) is 5.10 Å². The fourth-order valence-corrected chi connectivity index (χ4v) is 2.94. The molecule has 0 aliphatic heterocycles. The highest BCUT2D eigenvalue weighted by Crippen LogP contribution is 2.27. The van der Waals surface area contributed by atoms with Crippen LogP contribution in [-0.2, 0) is 6.54 Å². The maximum atomic E-state index is 9.69. The predicted molar refractivity (Wildman–Crippen MR) is 90.8 cm³/mol. The zero-order valence-corrected chi connectivity index (χ0v) is 13.4. The van der Waals surface area contributed by atoms with E-state index in [9.17, 15) is 5.11 Å². The predicted octanol–water partition coefficient (Wildman–Crippen LogP) is 3.65. The van der Waals surface area contributed by atoms with Crippen molar-refractivity contribution >= 4 is 12.2 Å². The Bertz CT molecular complexity index is 799. The molecule has 1 unspecified atom stereocenters. The fraction of sp³-hybridized carbons (Fsp3) is 0.235. The van der Waals surface area contributed by atoms with E-state index in [0.29, 0.717) is 4.64 Å². The molecule has 23 heavy (non-hydrogen) atoms. The largest absolute Gasteiger partial charge is 0.505 e. The van der Waals surface area contributed by atoms with Crippen LogP contribution in [0.1, 0.15) is 30.0 Å². The smallest absolute Gasteiger partial charge is 0.150 e. The summed E-state index contributed by atoms with van der Waals surface area (Å²) < 4.78 is 2.38. The third-order valence-corrected chi connectivity index (χ3v) is 4.33. The van der Waals surface area contributed by atoms with E-state index < -0.39 is 0 Å². The van der Waals surface area contributed by atoms with Gasteiger partial charge in [-0.1, -0.05) is 47.8 Å². The Balaban J connectivity index is 1.73. The van der Waals surface area contributed by atoms with Crippen molar-refractivity contribution in [2.45, 2.75) is 25.3 Å². The second-order valence-electron chi connectivity index (χ2n) is 5.40. The summed E-state index contributed by atoms with van der Waals surface area (Å²) in [5.74, 6) is 0.347. The van der Waals surface area contributed by atoms with Crippen molar-refractivity contribution in [1.82, 2.24) is 20.0 Å². The van der Waals surface area contributed by atoms with E-state index in [1.54, 1.807) is 12.1 Å². The molecule has 0 bridgehead atoms. The summed E-state index contributed by atoms with van der Waals surface area (Å²) in [6.07, 6.45) is 5.59. The van der Waals surface area contributed by atoms with Gasteiger partial charge in [0.15, 0.2) is 0 Å². The Kier molecular flexibility index (Phi) is 4.83. The third kappa shape index (κ3) is 3.65. The lowest BCUT2D eigenvalue weighted by Gasteiger charge is -2.15. The van der Waals surface area contributed by atoms with E-state index in [0.717, 1.165) is 25.1 Å². The molecule has 6 heteroatoms. The van der Waals surface area contributed by atoms with Gasteiger partial charge in [-0.2, -0.15) is 0 Å². The topological polar surface area (TPSA) is 66.7 Å². The van der Waals surface area contributed by atoms with Gasteiger partial charge in [0.25, 0.3) is 0 Å². The van der Waals surface area contributed by atoms with E-state index in [1.807, 2.05) is 35.2 Å². The lowest BCUT2D eigenvalue weighted by Crippen LogP contribution is -2.06. The maximum Gasteiger partial charge on any atom is 0.150 e. The summed E-state index contributed by atoms with van der Waals surface area (Å²) >= 11 is 5.23. The van der Waals surface area contributed by atoms with E-state index in [4.69, 9.17) is 12.2 Å². The Labute approximate surface area is 139 Å². The van der Waals surface area contributed by atoms with Gasteiger partial charge in [-0.3, -0.25) is 5.10 Å². The molecule has 0 fully saturated rings. The number of aryl methyl sites for hydroxylation is 1. The minimum Gasteiger partial charge on any atom is -0.505 e. The van der Waals surface area contributed by atoms with Crippen LogP contribution in [0, 0.1) is 4.64 Å². The van der Waals surface area contributed by atoms with Crippen molar-refractivity contribution in [3.05, 3.63) is 70.8 Å². The first-order valence-electron chi connectivity index (χ1n) is 7.55. The van der Waals surface area contributed by atoms with Gasteiger partial charge in [0.05, 0.1) is 5.69 Å². The Morgan fingerprint density at radius 2 is 2.00 bits per heavy atom. The van der Waals surface area contributed by atoms with Crippen LogP contribution in [0.25, 0.3) is 0 Å². The number of nitrogens with one attached hydrogen (secondary N) is 1. The van der Waals surface area contributed by atoms with E-state index >= 15 is 0 Å². The standard InChI is InChI=1S/C17H18N4OS/c22-16-9-5-11-21(17(16)23)10-4-8-14(15-12-18-20-19-15)13-6-2-1-3-7-13/h1-3,5-7,9,11-12,14,22H,4,8,10H2,(H,18,19,20). The first kappa shape index (κ1) is 15.4. The molecule has 3 aromatic rings. The van der Waals surface area contributed by atoms with Crippen molar-refractivity contribution in [3.63, 3.8) is 0 Å². The lowest BCUT2D eigenvalue weighted by atomic mass is 9.91. The van der Waals surface area contributed by atoms with Gasteiger partial charge in [0.2, 0.25) is 0 Å². The second kappa shape index (κ2) is 7.19. The number of hydrogen-bond donors (Lipinski definition) is 2. The fourth-order valence-electron chi connectivity index (χ4n) is 2.72. The Morgan fingerprint density at radius 3 is 2.74 bits per heavy atom. The van der Waals surface area contributed by atoms with E-state index in [-0.39, 0.29) is 11.7 Å². The van der Waals surface area contributed by atoms with Crippen LogP contribution >= 0.6 is 12.2 Å². The van der Waals surface area contributed by atoms with Crippen LogP contribution in [0.4, 0.5) is 0 Å². The van der Waals surface area contributed by atoms with Gasteiger partial charge in [0.1, 0.15) is 10.4 Å². The number of benzene rings is 1. The van der Waals surface area contributed by atoms with Gasteiger partial charge < -0.3 is 9.67 Å². The molecular formula is C17H18N4OS. The van der Waals surface area contributed by atoms with Crippen LogP contribution in [0.2, 0.25) is 0 Å². The van der Waals surface area contributed by atoms with Gasteiger partial charge in [-0.05, 0) is 30.5 Å². The first-order chi connectivity index (χ1) is 11.3. The molecule has 0 saturated carbocycles. The molecule has 2 aromatic heterocycles. The Hall–Kier alpha value is -2.47. The third-order valence-electron chi connectivity index (χ3n) is 3.89. The summed E-state index contributed by atoms with van der Waals surface area (Å²) in [5, 5.41) is 20.5. The molecule has 0 radical (unpaired) electrons. The molecule has 2 N–H and O–H groups in total. The number of nitrogens with zero attached hydrogens (tertiary/aromatic N) is 3. The average Bonchev–Trinajstić information content (AvgIpc) is 3.10. The number of H-pyrrole nitrogens is 1. The van der Waals surface area contributed by atoms with Crippen LogP contribution in [-0.4, -0.2) is 25.1 Å². The van der Waals surface area contributed by atoms with Crippen molar-refractivity contribution in [2.75, 3.05) is 0 Å². The van der Waals surface area contributed by atoms with Crippen LogP contribution in [0.5, 0.6) is 5.75 Å². The van der Waals surface area contributed by atoms with Crippen molar-refractivity contribution in [3.8, 4) is 5.75 Å². The van der Waals surface area contributed by atoms with Crippen molar-refractivity contribution in [1.29, 1.82) is 0 Å². The summed E-state index contributed by atoms with van der Waals surface area (Å²) in [6.45, 7) is 0.758. The number of aromatic nitrogens is 4. The number of rotatable bonds is 6. The van der Waals surface area contributed by atoms with Crippen LogP contribution < -0.4 is 0 Å². The number of hydrogen-bond acceptors (Lipinski definition) is 4. The maximum absolute atomic E-state index is 9.69. The zero-order chi connectivity index (χ0) is 16.1. The van der Waals surface area contributed by atoms with Gasteiger partial charge in [0, 0.05) is 24.9 Å². The monoisotopic (exact) mass is 326 g/mol. The molecule has 0 aliphatic rings. The van der Waals surface area contributed by atoms with Crippen molar-refractivity contribution in [2.24, 2.45) is 0 Å². The van der Waals surface area contributed by atoms with Gasteiger partial charge in [-0.25, -0.2) is 0 Å². The lowest BCUT2D eigenvalue weighted by molar-refractivity contribution is 0.458.